The molecule has 1 aromatic carbocycles. The predicted octanol–water partition coefficient (Wildman–Crippen LogP) is 3.73. The van der Waals surface area contributed by atoms with Crippen molar-refractivity contribution in [3.05, 3.63) is 33.8 Å². The molecule has 2 N–H and O–H groups in total. The topological polar surface area (TPSA) is 52.3 Å². The van der Waals surface area contributed by atoms with Gasteiger partial charge in [0.15, 0.2) is 0 Å². The number of benzene rings is 1. The first-order chi connectivity index (χ1) is 8.54. The van der Waals surface area contributed by atoms with Gasteiger partial charge in [0.2, 0.25) is 0 Å². The highest BCUT2D eigenvalue weighted by molar-refractivity contribution is 6.35. The van der Waals surface area contributed by atoms with Crippen molar-refractivity contribution < 1.29 is 9.53 Å². The largest absolute Gasteiger partial charge is 0.466 e. The van der Waals surface area contributed by atoms with E-state index < -0.39 is 6.04 Å². The van der Waals surface area contributed by atoms with Gasteiger partial charge in [0.25, 0.3) is 0 Å². The van der Waals surface area contributed by atoms with E-state index in [9.17, 15) is 4.79 Å². The van der Waals surface area contributed by atoms with Crippen molar-refractivity contribution in [2.45, 2.75) is 32.2 Å². The molecule has 0 spiro atoms. The third kappa shape index (κ3) is 4.84. The zero-order valence-electron chi connectivity index (χ0n) is 10.3. The van der Waals surface area contributed by atoms with Crippen LogP contribution in [0.3, 0.4) is 0 Å². The van der Waals surface area contributed by atoms with Gasteiger partial charge in [-0.2, -0.15) is 0 Å². The van der Waals surface area contributed by atoms with E-state index in [0.29, 0.717) is 22.2 Å². The maximum Gasteiger partial charge on any atom is 0.307 e. The van der Waals surface area contributed by atoms with Crippen LogP contribution in [0.5, 0.6) is 0 Å². The number of halogens is 2. The summed E-state index contributed by atoms with van der Waals surface area (Å²) < 4.78 is 5.05. The smallest absolute Gasteiger partial charge is 0.307 e. The SMILES string of the molecule is CCCCOC(=O)CC(N)c1ccc(Cl)cc1Cl. The van der Waals surface area contributed by atoms with Crippen molar-refractivity contribution in [3.8, 4) is 0 Å². The van der Waals surface area contributed by atoms with Crippen LogP contribution in [0.4, 0.5) is 0 Å². The van der Waals surface area contributed by atoms with Gasteiger partial charge in [0.1, 0.15) is 0 Å². The van der Waals surface area contributed by atoms with Crippen LogP contribution in [-0.2, 0) is 9.53 Å². The molecule has 0 aliphatic rings. The van der Waals surface area contributed by atoms with E-state index in [0.717, 1.165) is 12.8 Å². The lowest BCUT2D eigenvalue weighted by Crippen LogP contribution is -2.18. The third-order valence-electron chi connectivity index (χ3n) is 2.51. The summed E-state index contributed by atoms with van der Waals surface area (Å²) in [4.78, 5) is 11.5. The molecule has 0 fully saturated rings. The first-order valence-corrected chi connectivity index (χ1v) is 6.66. The summed E-state index contributed by atoms with van der Waals surface area (Å²) in [6.45, 7) is 2.48. The van der Waals surface area contributed by atoms with Gasteiger partial charge in [-0.1, -0.05) is 42.6 Å². The van der Waals surface area contributed by atoms with Gasteiger partial charge in [-0.25, -0.2) is 0 Å². The number of esters is 1. The van der Waals surface area contributed by atoms with E-state index in [2.05, 4.69) is 0 Å². The Bertz CT molecular complexity index is 410. The Morgan fingerprint density at radius 3 is 2.78 bits per heavy atom. The fraction of sp³-hybridized carbons (Fsp3) is 0.462. The summed E-state index contributed by atoms with van der Waals surface area (Å²) >= 11 is 11.8. The van der Waals surface area contributed by atoms with Gasteiger partial charge in [0.05, 0.1) is 13.0 Å². The number of hydrogen-bond acceptors (Lipinski definition) is 3. The van der Waals surface area contributed by atoms with E-state index in [1.807, 2.05) is 6.92 Å². The summed E-state index contributed by atoms with van der Waals surface area (Å²) in [6.07, 6.45) is 1.97. The number of unbranched alkanes of at least 4 members (excludes halogenated alkanes) is 1. The predicted molar refractivity (Wildman–Crippen MR) is 73.9 cm³/mol. The highest BCUT2D eigenvalue weighted by Crippen LogP contribution is 2.26. The van der Waals surface area contributed by atoms with Gasteiger partial charge in [0, 0.05) is 16.1 Å². The highest BCUT2D eigenvalue weighted by Gasteiger charge is 2.15. The molecule has 1 unspecified atom stereocenters. The molecule has 0 saturated heterocycles. The van der Waals surface area contributed by atoms with Crippen LogP contribution >= 0.6 is 23.2 Å². The Labute approximate surface area is 117 Å². The molecule has 18 heavy (non-hydrogen) atoms. The first kappa shape index (κ1) is 15.3. The van der Waals surface area contributed by atoms with Crippen LogP contribution in [0.1, 0.15) is 37.8 Å². The van der Waals surface area contributed by atoms with E-state index in [4.69, 9.17) is 33.7 Å². The van der Waals surface area contributed by atoms with Gasteiger partial charge < -0.3 is 10.5 Å². The molecule has 0 bridgehead atoms. The van der Waals surface area contributed by atoms with Crippen molar-refractivity contribution >= 4 is 29.2 Å². The van der Waals surface area contributed by atoms with Gasteiger partial charge in [-0.15, -0.1) is 0 Å². The summed E-state index contributed by atoms with van der Waals surface area (Å²) in [7, 11) is 0. The van der Waals surface area contributed by atoms with E-state index >= 15 is 0 Å². The first-order valence-electron chi connectivity index (χ1n) is 5.90. The Hall–Kier alpha value is -0.770. The van der Waals surface area contributed by atoms with Gasteiger partial charge in [-0.3, -0.25) is 4.79 Å². The minimum Gasteiger partial charge on any atom is -0.466 e. The molecule has 0 aromatic heterocycles. The van der Waals surface area contributed by atoms with E-state index in [1.54, 1.807) is 18.2 Å². The minimum atomic E-state index is -0.469. The number of rotatable bonds is 6. The highest BCUT2D eigenvalue weighted by atomic mass is 35.5. The Morgan fingerprint density at radius 1 is 1.44 bits per heavy atom. The molecule has 0 radical (unpaired) electrons. The van der Waals surface area contributed by atoms with Crippen LogP contribution in [-0.4, -0.2) is 12.6 Å². The number of carbonyl (C=O) groups excluding carboxylic acids is 1. The zero-order valence-corrected chi connectivity index (χ0v) is 11.8. The van der Waals surface area contributed by atoms with Gasteiger partial charge in [-0.05, 0) is 24.1 Å². The zero-order chi connectivity index (χ0) is 13.5. The summed E-state index contributed by atoms with van der Waals surface area (Å²) in [6, 6.07) is 4.57. The molecule has 0 aliphatic carbocycles. The molecule has 1 atom stereocenters. The molecule has 0 saturated carbocycles. The molecule has 1 rings (SSSR count). The van der Waals surface area contributed by atoms with Crippen LogP contribution in [0.15, 0.2) is 18.2 Å². The van der Waals surface area contributed by atoms with Crippen LogP contribution in [0, 0.1) is 0 Å². The molecule has 0 amide bonds. The van der Waals surface area contributed by atoms with Crippen LogP contribution < -0.4 is 5.73 Å². The maximum atomic E-state index is 11.5. The summed E-state index contributed by atoms with van der Waals surface area (Å²) in [5.41, 5.74) is 6.63. The van der Waals surface area contributed by atoms with Crippen molar-refractivity contribution in [2.24, 2.45) is 5.73 Å². The molecule has 100 valence electrons. The monoisotopic (exact) mass is 289 g/mol. The standard InChI is InChI=1S/C13H17Cl2NO2/c1-2-3-6-18-13(17)8-12(16)10-5-4-9(14)7-11(10)15/h4-5,7,12H,2-3,6,8,16H2,1H3. The Morgan fingerprint density at radius 2 is 2.17 bits per heavy atom. The molecular weight excluding hydrogens is 273 g/mol. The lowest BCUT2D eigenvalue weighted by molar-refractivity contribution is -0.144. The number of ether oxygens (including phenoxy) is 1. The minimum absolute atomic E-state index is 0.116. The van der Waals surface area contributed by atoms with Crippen LogP contribution in [0.2, 0.25) is 10.0 Å². The normalized spacial score (nSPS) is 12.2. The Balaban J connectivity index is 2.54. The molecule has 0 aliphatic heterocycles. The summed E-state index contributed by atoms with van der Waals surface area (Å²) in [5.74, 6) is -0.304. The number of hydrogen-bond donors (Lipinski definition) is 1. The third-order valence-corrected chi connectivity index (χ3v) is 3.07. The van der Waals surface area contributed by atoms with Gasteiger partial charge >= 0.3 is 5.97 Å². The fourth-order valence-corrected chi connectivity index (χ4v) is 2.03. The van der Waals surface area contributed by atoms with Crippen molar-refractivity contribution in [2.75, 3.05) is 6.61 Å². The average Bonchev–Trinajstić information content (AvgIpc) is 2.28. The Kier molecular flexibility index (Phi) is 6.47. The molecule has 1 aromatic rings. The second-order valence-corrected chi connectivity index (χ2v) is 4.89. The average molecular weight is 290 g/mol. The second-order valence-electron chi connectivity index (χ2n) is 4.05. The van der Waals surface area contributed by atoms with Crippen molar-refractivity contribution in [1.29, 1.82) is 0 Å². The number of nitrogens with two attached hydrogens (primary N) is 1. The van der Waals surface area contributed by atoms with Crippen LogP contribution in [0.25, 0.3) is 0 Å². The fourth-order valence-electron chi connectivity index (χ4n) is 1.48. The lowest BCUT2D eigenvalue weighted by atomic mass is 10.0. The van der Waals surface area contributed by atoms with Crippen molar-refractivity contribution in [3.63, 3.8) is 0 Å². The second kappa shape index (κ2) is 7.62. The molecular formula is C13H17Cl2NO2. The summed E-state index contributed by atoms with van der Waals surface area (Å²) in [5, 5.41) is 1.01. The molecule has 0 heterocycles. The number of carbonyl (C=O) groups is 1. The lowest BCUT2D eigenvalue weighted by Gasteiger charge is -2.13. The van der Waals surface area contributed by atoms with Crippen molar-refractivity contribution in [1.82, 2.24) is 0 Å². The van der Waals surface area contributed by atoms with E-state index in [1.165, 1.54) is 0 Å². The molecule has 3 nitrogen and oxygen atoms in total. The maximum absolute atomic E-state index is 11.5. The molecule has 5 heteroatoms. The quantitative estimate of drug-likeness (QED) is 0.641. The van der Waals surface area contributed by atoms with E-state index in [-0.39, 0.29) is 12.4 Å².